The van der Waals surface area contributed by atoms with Crippen LogP contribution >= 0.6 is 11.6 Å². The van der Waals surface area contributed by atoms with Crippen molar-refractivity contribution in [1.82, 2.24) is 4.98 Å². The number of rotatable bonds is 4. The van der Waals surface area contributed by atoms with E-state index in [9.17, 15) is 4.79 Å². The van der Waals surface area contributed by atoms with Gasteiger partial charge in [0.05, 0.1) is 16.1 Å². The van der Waals surface area contributed by atoms with E-state index in [-0.39, 0.29) is 0 Å². The predicted octanol–water partition coefficient (Wildman–Crippen LogP) is 4.28. The van der Waals surface area contributed by atoms with E-state index < -0.39 is 0 Å². The molecular formula is C17H12ClNO2. The Labute approximate surface area is 127 Å². The van der Waals surface area contributed by atoms with E-state index in [1.807, 2.05) is 30.3 Å². The highest BCUT2D eigenvalue weighted by atomic mass is 35.5. The van der Waals surface area contributed by atoms with Crippen molar-refractivity contribution in [2.24, 2.45) is 0 Å². The lowest BCUT2D eigenvalue weighted by Gasteiger charge is -2.10. The van der Waals surface area contributed by atoms with E-state index in [1.54, 1.807) is 24.4 Å². The molecule has 0 radical (unpaired) electrons. The summed E-state index contributed by atoms with van der Waals surface area (Å²) in [4.78, 5) is 15.3. The van der Waals surface area contributed by atoms with Crippen molar-refractivity contribution in [3.63, 3.8) is 0 Å². The topological polar surface area (TPSA) is 39.2 Å². The molecule has 104 valence electrons. The van der Waals surface area contributed by atoms with Crippen LogP contribution < -0.4 is 4.74 Å². The van der Waals surface area contributed by atoms with Crippen molar-refractivity contribution < 1.29 is 9.53 Å². The van der Waals surface area contributed by atoms with E-state index in [0.717, 1.165) is 16.5 Å². The number of aldehydes is 1. The molecule has 0 atom stereocenters. The number of hydrogen-bond acceptors (Lipinski definition) is 3. The van der Waals surface area contributed by atoms with E-state index in [2.05, 4.69) is 4.98 Å². The Bertz CT molecular complexity index is 802. The van der Waals surface area contributed by atoms with Gasteiger partial charge < -0.3 is 4.74 Å². The molecule has 3 rings (SSSR count). The first-order chi connectivity index (χ1) is 10.3. The minimum Gasteiger partial charge on any atom is -0.488 e. The minimum absolute atomic E-state index is 0.367. The van der Waals surface area contributed by atoms with Gasteiger partial charge >= 0.3 is 0 Å². The Morgan fingerprint density at radius 1 is 1.14 bits per heavy atom. The minimum atomic E-state index is 0.367. The average molecular weight is 298 g/mol. The Kier molecular flexibility index (Phi) is 3.84. The largest absolute Gasteiger partial charge is 0.488 e. The van der Waals surface area contributed by atoms with E-state index in [4.69, 9.17) is 16.3 Å². The molecule has 21 heavy (non-hydrogen) atoms. The highest BCUT2D eigenvalue weighted by molar-refractivity contribution is 6.33. The Hall–Kier alpha value is -2.39. The summed E-state index contributed by atoms with van der Waals surface area (Å²) < 4.78 is 5.71. The zero-order chi connectivity index (χ0) is 14.7. The van der Waals surface area contributed by atoms with Crippen molar-refractivity contribution in [1.29, 1.82) is 0 Å². The quantitative estimate of drug-likeness (QED) is 0.675. The third-order valence-corrected chi connectivity index (χ3v) is 3.52. The van der Waals surface area contributed by atoms with Crippen molar-refractivity contribution in [2.75, 3.05) is 0 Å². The number of hydrogen-bond donors (Lipinski definition) is 0. The molecule has 0 unspecified atom stereocenters. The molecule has 0 N–H and O–H groups in total. The van der Waals surface area contributed by atoms with Crippen molar-refractivity contribution in [2.45, 2.75) is 6.61 Å². The van der Waals surface area contributed by atoms with Crippen molar-refractivity contribution in [3.8, 4) is 5.75 Å². The SMILES string of the molecule is O=Cc1c(Cl)cccc1OCc1ccc2ncccc2c1. The number of pyridine rings is 1. The number of ether oxygens (including phenoxy) is 1. The average Bonchev–Trinajstić information content (AvgIpc) is 2.52. The van der Waals surface area contributed by atoms with Gasteiger partial charge in [0.1, 0.15) is 12.4 Å². The smallest absolute Gasteiger partial charge is 0.155 e. The summed E-state index contributed by atoms with van der Waals surface area (Å²) in [6, 6.07) is 15.0. The summed E-state index contributed by atoms with van der Waals surface area (Å²) in [5.74, 6) is 0.490. The molecule has 0 bridgehead atoms. The lowest BCUT2D eigenvalue weighted by molar-refractivity contribution is 0.111. The van der Waals surface area contributed by atoms with E-state index >= 15 is 0 Å². The molecule has 1 heterocycles. The summed E-state index contributed by atoms with van der Waals surface area (Å²) in [7, 11) is 0. The molecule has 3 aromatic rings. The Morgan fingerprint density at radius 3 is 2.90 bits per heavy atom. The van der Waals surface area contributed by atoms with Gasteiger partial charge in [-0.2, -0.15) is 0 Å². The summed E-state index contributed by atoms with van der Waals surface area (Å²) >= 11 is 5.97. The van der Waals surface area contributed by atoms with Crippen molar-refractivity contribution >= 4 is 28.8 Å². The van der Waals surface area contributed by atoms with Crippen LogP contribution in [-0.4, -0.2) is 11.3 Å². The summed E-state index contributed by atoms with van der Waals surface area (Å²) in [6.07, 6.45) is 2.48. The number of nitrogens with zero attached hydrogens (tertiary/aromatic N) is 1. The zero-order valence-electron chi connectivity index (χ0n) is 11.1. The van der Waals surface area contributed by atoms with Gasteiger partial charge in [-0.25, -0.2) is 0 Å². The molecule has 0 aliphatic carbocycles. The lowest BCUT2D eigenvalue weighted by atomic mass is 10.1. The Morgan fingerprint density at radius 2 is 2.05 bits per heavy atom. The molecule has 2 aromatic carbocycles. The van der Waals surface area contributed by atoms with Crippen LogP contribution in [0, 0.1) is 0 Å². The molecule has 0 spiro atoms. The first-order valence-electron chi connectivity index (χ1n) is 6.48. The first kappa shape index (κ1) is 13.6. The molecule has 3 nitrogen and oxygen atoms in total. The monoisotopic (exact) mass is 297 g/mol. The van der Waals surface area contributed by atoms with Gasteiger partial charge in [-0.05, 0) is 35.9 Å². The van der Waals surface area contributed by atoms with E-state index in [1.165, 1.54) is 0 Å². The maximum atomic E-state index is 11.1. The number of carbonyl (C=O) groups excluding carboxylic acids is 1. The number of benzene rings is 2. The number of halogens is 1. The van der Waals surface area contributed by atoms with Gasteiger partial charge in [0.15, 0.2) is 6.29 Å². The second kappa shape index (κ2) is 5.94. The summed E-state index contributed by atoms with van der Waals surface area (Å²) in [5, 5.41) is 1.45. The fourth-order valence-corrected chi connectivity index (χ4v) is 2.34. The van der Waals surface area contributed by atoms with Gasteiger partial charge in [-0.3, -0.25) is 9.78 Å². The van der Waals surface area contributed by atoms with Crippen LogP contribution in [0.3, 0.4) is 0 Å². The Balaban J connectivity index is 1.83. The van der Waals surface area contributed by atoms with Crippen LogP contribution in [0.2, 0.25) is 5.02 Å². The van der Waals surface area contributed by atoms with Crippen LogP contribution in [-0.2, 0) is 6.61 Å². The number of carbonyl (C=O) groups is 1. The third-order valence-electron chi connectivity index (χ3n) is 3.19. The van der Waals surface area contributed by atoms with Gasteiger partial charge in [0.25, 0.3) is 0 Å². The van der Waals surface area contributed by atoms with Gasteiger partial charge in [-0.1, -0.05) is 29.8 Å². The second-order valence-corrected chi connectivity index (χ2v) is 5.00. The fraction of sp³-hybridized carbons (Fsp3) is 0.0588. The van der Waals surface area contributed by atoms with Crippen LogP contribution in [0.4, 0.5) is 0 Å². The van der Waals surface area contributed by atoms with Crippen LogP contribution in [0.15, 0.2) is 54.7 Å². The van der Waals surface area contributed by atoms with Crippen LogP contribution in [0.1, 0.15) is 15.9 Å². The molecule has 0 aliphatic rings. The second-order valence-electron chi connectivity index (χ2n) is 4.59. The van der Waals surface area contributed by atoms with Crippen LogP contribution in [0.5, 0.6) is 5.75 Å². The maximum Gasteiger partial charge on any atom is 0.155 e. The molecule has 0 saturated carbocycles. The highest BCUT2D eigenvalue weighted by Crippen LogP contribution is 2.25. The molecule has 0 saturated heterocycles. The normalized spacial score (nSPS) is 10.5. The zero-order valence-corrected chi connectivity index (χ0v) is 11.9. The van der Waals surface area contributed by atoms with Crippen molar-refractivity contribution in [3.05, 3.63) is 70.9 Å². The molecule has 0 aliphatic heterocycles. The maximum absolute atomic E-state index is 11.1. The predicted molar refractivity (Wildman–Crippen MR) is 82.9 cm³/mol. The van der Waals surface area contributed by atoms with E-state index in [0.29, 0.717) is 29.2 Å². The standard InChI is InChI=1S/C17H12ClNO2/c18-15-4-1-5-17(14(15)10-20)21-11-12-6-7-16-13(9-12)3-2-8-19-16/h1-10H,11H2. The fourth-order valence-electron chi connectivity index (χ4n) is 2.13. The highest BCUT2D eigenvalue weighted by Gasteiger charge is 2.07. The molecule has 0 fully saturated rings. The summed E-state index contributed by atoms with van der Waals surface area (Å²) in [6.45, 7) is 0.367. The molecule has 0 amide bonds. The van der Waals surface area contributed by atoms with Crippen LogP contribution in [0.25, 0.3) is 10.9 Å². The lowest BCUT2D eigenvalue weighted by Crippen LogP contribution is -1.99. The number of aromatic nitrogens is 1. The summed E-state index contributed by atoms with van der Waals surface area (Å²) in [5.41, 5.74) is 2.33. The van der Waals surface area contributed by atoms with Gasteiger partial charge in [0, 0.05) is 11.6 Å². The third kappa shape index (κ3) is 2.88. The van der Waals surface area contributed by atoms with Gasteiger partial charge in [-0.15, -0.1) is 0 Å². The van der Waals surface area contributed by atoms with Gasteiger partial charge in [0.2, 0.25) is 0 Å². The molecular weight excluding hydrogens is 286 g/mol. The molecule has 1 aromatic heterocycles. The molecule has 4 heteroatoms. The number of fused-ring (bicyclic) bond motifs is 1. The first-order valence-corrected chi connectivity index (χ1v) is 6.86.